The predicted octanol–water partition coefficient (Wildman–Crippen LogP) is 4.94. The number of nitrogens with one attached hydrogen (secondary N) is 2. The van der Waals surface area contributed by atoms with Crippen LogP contribution in [0.2, 0.25) is 0 Å². The second-order valence-electron chi connectivity index (χ2n) is 6.92. The van der Waals surface area contributed by atoms with Crippen molar-refractivity contribution in [1.82, 2.24) is 30.6 Å². The molecule has 2 N–H and O–H groups in total. The second-order valence-corrected chi connectivity index (χ2v) is 6.92. The quantitative estimate of drug-likeness (QED) is 0.317. The zero-order valence-corrected chi connectivity index (χ0v) is 15.8. The van der Waals surface area contributed by atoms with Crippen molar-refractivity contribution in [2.24, 2.45) is 0 Å². The van der Waals surface area contributed by atoms with Crippen molar-refractivity contribution in [3.63, 3.8) is 0 Å². The highest BCUT2D eigenvalue weighted by atomic mass is 19.2. The minimum Gasteiger partial charge on any atom is -0.338 e. The number of imidazole rings is 1. The minimum absolute atomic E-state index is 0.0159. The van der Waals surface area contributed by atoms with Crippen LogP contribution < -0.4 is 0 Å². The van der Waals surface area contributed by atoms with Crippen LogP contribution in [0.3, 0.4) is 0 Å². The van der Waals surface area contributed by atoms with Gasteiger partial charge in [0.2, 0.25) is 0 Å². The smallest absolute Gasteiger partial charge is 0.181 e. The number of aryl methyl sites for hydroxylation is 1. The number of benzene rings is 3. The Morgan fingerprint density at radius 2 is 1.48 bits per heavy atom. The molecule has 0 fully saturated rings. The number of halogens is 4. The number of rotatable bonds is 3. The number of fused-ring (bicyclic) bond motifs is 1. The molecular weight excluding hydrogens is 412 g/mol. The molecule has 5 rings (SSSR count). The Morgan fingerprint density at radius 3 is 2.13 bits per heavy atom. The van der Waals surface area contributed by atoms with Crippen molar-refractivity contribution in [2.75, 3.05) is 0 Å². The Morgan fingerprint density at radius 1 is 0.806 bits per heavy atom. The van der Waals surface area contributed by atoms with Gasteiger partial charge in [0.25, 0.3) is 0 Å². The molecule has 0 unspecified atom stereocenters. The summed E-state index contributed by atoms with van der Waals surface area (Å²) in [6, 6.07) is 10.8. The highest BCUT2D eigenvalue weighted by Crippen LogP contribution is 2.37. The monoisotopic (exact) mass is 424 g/mol. The van der Waals surface area contributed by atoms with Crippen LogP contribution in [-0.2, 0) is 0 Å². The first-order chi connectivity index (χ1) is 15.0. The molecule has 0 aliphatic rings. The molecule has 0 radical (unpaired) electrons. The van der Waals surface area contributed by atoms with Crippen LogP contribution in [0.4, 0.5) is 17.6 Å². The van der Waals surface area contributed by atoms with Crippen LogP contribution in [0.25, 0.3) is 44.9 Å². The predicted molar refractivity (Wildman–Crippen MR) is 105 cm³/mol. The number of nitrogens with zero attached hydrogens (tertiary/aromatic N) is 4. The van der Waals surface area contributed by atoms with Crippen LogP contribution in [-0.4, -0.2) is 30.6 Å². The molecule has 0 atom stereocenters. The third kappa shape index (κ3) is 2.95. The number of aromatic nitrogens is 6. The molecule has 2 aromatic heterocycles. The van der Waals surface area contributed by atoms with Crippen LogP contribution in [0.5, 0.6) is 0 Å². The van der Waals surface area contributed by atoms with Crippen molar-refractivity contribution in [3.8, 4) is 33.9 Å². The van der Waals surface area contributed by atoms with E-state index in [0.29, 0.717) is 11.1 Å². The maximum Gasteiger partial charge on any atom is 0.181 e. The van der Waals surface area contributed by atoms with E-state index in [-0.39, 0.29) is 22.7 Å². The van der Waals surface area contributed by atoms with Gasteiger partial charge in [0.1, 0.15) is 11.3 Å². The Kier molecular flexibility index (Phi) is 4.28. The van der Waals surface area contributed by atoms with Gasteiger partial charge in [-0.1, -0.05) is 30.3 Å². The third-order valence-electron chi connectivity index (χ3n) is 4.89. The summed E-state index contributed by atoms with van der Waals surface area (Å²) < 4.78 is 59.6. The van der Waals surface area contributed by atoms with Crippen LogP contribution >= 0.6 is 0 Å². The average Bonchev–Trinajstić information content (AvgIpc) is 3.43. The molecule has 154 valence electrons. The maximum atomic E-state index is 15.0. The molecule has 6 nitrogen and oxygen atoms in total. The number of aromatic amines is 2. The zero-order chi connectivity index (χ0) is 21.7. The second kappa shape index (κ2) is 7.01. The fraction of sp³-hybridized carbons (Fsp3) is 0.0476. The summed E-state index contributed by atoms with van der Waals surface area (Å²) in [7, 11) is 0. The minimum atomic E-state index is -1.54. The van der Waals surface area contributed by atoms with Gasteiger partial charge in [0, 0.05) is 5.56 Å². The Balaban J connectivity index is 1.76. The molecule has 0 saturated heterocycles. The lowest BCUT2D eigenvalue weighted by Gasteiger charge is -2.11. The van der Waals surface area contributed by atoms with E-state index in [1.807, 2.05) is 0 Å². The summed E-state index contributed by atoms with van der Waals surface area (Å²) >= 11 is 0. The number of hydrogen-bond donors (Lipinski definition) is 2. The van der Waals surface area contributed by atoms with E-state index in [1.165, 1.54) is 24.3 Å². The van der Waals surface area contributed by atoms with Gasteiger partial charge in [-0.3, -0.25) is 0 Å². The van der Waals surface area contributed by atoms with Gasteiger partial charge >= 0.3 is 0 Å². The van der Waals surface area contributed by atoms with Crippen molar-refractivity contribution in [1.29, 1.82) is 0 Å². The molecule has 0 spiro atoms. The molecule has 0 aliphatic heterocycles. The van der Waals surface area contributed by atoms with Gasteiger partial charge in [-0.05, 0) is 40.6 Å². The number of tetrazole rings is 1. The summed E-state index contributed by atoms with van der Waals surface area (Å²) in [5.74, 6) is -6.17. The normalized spacial score (nSPS) is 11.4. The molecule has 31 heavy (non-hydrogen) atoms. The van der Waals surface area contributed by atoms with Gasteiger partial charge < -0.3 is 4.98 Å². The van der Waals surface area contributed by atoms with Crippen LogP contribution in [0.15, 0.2) is 42.5 Å². The molecular formula is C21H12F4N6. The van der Waals surface area contributed by atoms with Crippen LogP contribution in [0, 0.1) is 30.2 Å². The van der Waals surface area contributed by atoms with E-state index in [1.54, 1.807) is 25.1 Å². The highest BCUT2D eigenvalue weighted by molar-refractivity contribution is 5.92. The lowest BCUT2D eigenvalue weighted by Crippen LogP contribution is -2.04. The highest BCUT2D eigenvalue weighted by Gasteiger charge is 2.29. The van der Waals surface area contributed by atoms with E-state index in [9.17, 15) is 17.6 Å². The van der Waals surface area contributed by atoms with Gasteiger partial charge in [0.05, 0.1) is 16.6 Å². The molecule has 0 aliphatic carbocycles. The van der Waals surface area contributed by atoms with E-state index < -0.39 is 34.4 Å². The Hall–Kier alpha value is -4.08. The SMILES string of the molecule is Cc1cc(-c2nnn[nH]2)c2nc(-c3c(F)c(F)c(-c4ccccc4)c(F)c3F)[nH]c2c1. The summed E-state index contributed by atoms with van der Waals surface area (Å²) in [4.78, 5) is 6.95. The lowest BCUT2D eigenvalue weighted by atomic mass is 10.0. The van der Waals surface area contributed by atoms with Gasteiger partial charge in [0.15, 0.2) is 29.1 Å². The van der Waals surface area contributed by atoms with E-state index in [0.717, 1.165) is 5.56 Å². The topological polar surface area (TPSA) is 83.1 Å². The molecule has 0 saturated carbocycles. The molecule has 5 aromatic rings. The first kappa shape index (κ1) is 18.9. The number of H-pyrrole nitrogens is 2. The van der Waals surface area contributed by atoms with Crippen molar-refractivity contribution in [3.05, 3.63) is 71.3 Å². The fourth-order valence-corrected chi connectivity index (χ4v) is 3.53. The van der Waals surface area contributed by atoms with Gasteiger partial charge in [-0.15, -0.1) is 5.10 Å². The maximum absolute atomic E-state index is 15.0. The van der Waals surface area contributed by atoms with Crippen LogP contribution in [0.1, 0.15) is 5.56 Å². The first-order valence-electron chi connectivity index (χ1n) is 9.12. The molecule has 0 amide bonds. The third-order valence-corrected chi connectivity index (χ3v) is 4.89. The zero-order valence-electron chi connectivity index (χ0n) is 15.8. The molecule has 3 aromatic carbocycles. The van der Waals surface area contributed by atoms with Crippen molar-refractivity contribution >= 4 is 11.0 Å². The van der Waals surface area contributed by atoms with Crippen molar-refractivity contribution < 1.29 is 17.6 Å². The Bertz CT molecular complexity index is 1400. The van der Waals surface area contributed by atoms with Crippen molar-refractivity contribution in [2.45, 2.75) is 6.92 Å². The largest absolute Gasteiger partial charge is 0.338 e. The molecule has 10 heteroatoms. The lowest BCUT2D eigenvalue weighted by molar-refractivity contribution is 0.462. The first-order valence-corrected chi connectivity index (χ1v) is 9.12. The van der Waals surface area contributed by atoms with E-state index in [2.05, 4.69) is 30.6 Å². The van der Waals surface area contributed by atoms with E-state index >= 15 is 0 Å². The average molecular weight is 424 g/mol. The van der Waals surface area contributed by atoms with Gasteiger partial charge in [-0.25, -0.2) is 27.6 Å². The summed E-state index contributed by atoms with van der Waals surface area (Å²) in [5, 5.41) is 13.4. The molecule has 2 heterocycles. The Labute approximate surface area is 172 Å². The number of hydrogen-bond acceptors (Lipinski definition) is 4. The fourth-order valence-electron chi connectivity index (χ4n) is 3.53. The summed E-state index contributed by atoms with van der Waals surface area (Å²) in [6.45, 7) is 1.79. The summed E-state index contributed by atoms with van der Waals surface area (Å²) in [5.41, 5.74) is 0.239. The van der Waals surface area contributed by atoms with Gasteiger partial charge in [-0.2, -0.15) is 0 Å². The summed E-state index contributed by atoms with van der Waals surface area (Å²) in [6.07, 6.45) is 0. The standard InChI is InChI=1S/C21H12F4N6/c1-9-7-11(20-28-30-31-29-20)19-12(8-9)26-21(27-19)14-17(24)15(22)13(16(23)18(14)25)10-5-3-2-4-6-10/h2-8H,1H3,(H,26,27)(H,28,29,30,31). The van der Waals surface area contributed by atoms with E-state index in [4.69, 9.17) is 0 Å². The molecule has 0 bridgehead atoms.